The number of aliphatic hydroxyl groups excluding tert-OH is 1. The Kier molecular flexibility index (Phi) is 4.02. The number of aliphatic hydroxyl groups is 2. The first-order valence-electron chi connectivity index (χ1n) is 6.37. The van der Waals surface area contributed by atoms with Crippen LogP contribution < -0.4 is 4.90 Å². The molecule has 1 fully saturated rings. The Morgan fingerprint density at radius 3 is 2.35 bits per heavy atom. The van der Waals surface area contributed by atoms with E-state index in [4.69, 9.17) is 5.11 Å². The molecule has 0 heterocycles. The molecule has 1 saturated carbocycles. The van der Waals surface area contributed by atoms with Gasteiger partial charge in [-0.3, -0.25) is 0 Å². The summed E-state index contributed by atoms with van der Waals surface area (Å²) in [5.41, 5.74) is 0.507. The number of hydrogen-bond acceptors (Lipinski definition) is 3. The molecule has 0 atom stereocenters. The predicted molar refractivity (Wildman–Crippen MR) is 69.2 cm³/mol. The molecule has 0 unspecified atom stereocenters. The molecule has 0 amide bonds. The van der Waals surface area contributed by atoms with Crippen molar-refractivity contribution in [2.45, 2.75) is 31.3 Å². The minimum absolute atomic E-state index is 0.116. The van der Waals surface area contributed by atoms with Gasteiger partial charge in [-0.2, -0.15) is 0 Å². The van der Waals surface area contributed by atoms with Gasteiger partial charge in [0, 0.05) is 18.8 Å². The van der Waals surface area contributed by atoms with Crippen molar-refractivity contribution in [1.29, 1.82) is 0 Å². The average Bonchev–Trinajstić information content (AvgIpc) is 2.77. The normalized spacial score (nSPS) is 18.2. The molecule has 0 spiro atoms. The Morgan fingerprint density at radius 1 is 1.12 bits per heavy atom. The largest absolute Gasteiger partial charge is 0.395 e. The Hall–Kier alpha value is -1.06. The van der Waals surface area contributed by atoms with Crippen molar-refractivity contribution in [1.82, 2.24) is 0 Å². The van der Waals surface area contributed by atoms with Crippen molar-refractivity contribution >= 4 is 5.69 Å². The summed E-state index contributed by atoms with van der Waals surface area (Å²) < 4.78 is 0. The highest BCUT2D eigenvalue weighted by Crippen LogP contribution is 2.31. The highest BCUT2D eigenvalue weighted by atomic mass is 16.3. The summed E-state index contributed by atoms with van der Waals surface area (Å²) >= 11 is 0. The van der Waals surface area contributed by atoms with E-state index in [1.165, 1.54) is 0 Å². The molecule has 1 aromatic rings. The lowest BCUT2D eigenvalue weighted by molar-refractivity contribution is 0.0541. The van der Waals surface area contributed by atoms with Crippen molar-refractivity contribution in [2.75, 3.05) is 24.6 Å². The van der Waals surface area contributed by atoms with E-state index in [9.17, 15) is 5.11 Å². The van der Waals surface area contributed by atoms with Gasteiger partial charge < -0.3 is 15.1 Å². The number of rotatable bonds is 5. The van der Waals surface area contributed by atoms with Crippen LogP contribution in [-0.4, -0.2) is 35.5 Å². The van der Waals surface area contributed by atoms with Crippen LogP contribution >= 0.6 is 0 Å². The van der Waals surface area contributed by atoms with Gasteiger partial charge in [0.2, 0.25) is 0 Å². The highest BCUT2D eigenvalue weighted by molar-refractivity contribution is 5.46. The third-order valence-electron chi connectivity index (χ3n) is 3.51. The second kappa shape index (κ2) is 5.52. The van der Waals surface area contributed by atoms with Gasteiger partial charge in [-0.15, -0.1) is 0 Å². The van der Waals surface area contributed by atoms with Gasteiger partial charge in [-0.1, -0.05) is 31.0 Å². The second-order valence-corrected chi connectivity index (χ2v) is 4.91. The zero-order valence-corrected chi connectivity index (χ0v) is 10.2. The molecular formula is C14H21NO2. The number of anilines is 1. The maximum absolute atomic E-state index is 10.4. The van der Waals surface area contributed by atoms with Gasteiger partial charge in [-0.25, -0.2) is 0 Å². The Balaban J connectivity index is 2.07. The molecule has 3 nitrogen and oxygen atoms in total. The highest BCUT2D eigenvalue weighted by Gasteiger charge is 2.33. The van der Waals surface area contributed by atoms with Crippen LogP contribution in [0, 0.1) is 0 Å². The first-order chi connectivity index (χ1) is 8.23. The number of hydrogen-bond donors (Lipinski definition) is 2. The van der Waals surface area contributed by atoms with Gasteiger partial charge >= 0.3 is 0 Å². The number of benzene rings is 1. The van der Waals surface area contributed by atoms with Crippen LogP contribution in [0.15, 0.2) is 30.3 Å². The molecule has 2 N–H and O–H groups in total. The molecule has 0 aromatic heterocycles. The van der Waals surface area contributed by atoms with Crippen LogP contribution in [0.3, 0.4) is 0 Å². The van der Waals surface area contributed by atoms with E-state index in [0.717, 1.165) is 31.4 Å². The molecule has 0 aliphatic heterocycles. The Morgan fingerprint density at radius 2 is 1.76 bits per heavy atom. The molecule has 17 heavy (non-hydrogen) atoms. The summed E-state index contributed by atoms with van der Waals surface area (Å²) in [5.74, 6) is 0. The molecule has 2 rings (SSSR count). The quantitative estimate of drug-likeness (QED) is 0.817. The van der Waals surface area contributed by atoms with E-state index in [2.05, 4.69) is 4.90 Å². The van der Waals surface area contributed by atoms with E-state index in [1.807, 2.05) is 30.3 Å². The monoisotopic (exact) mass is 235 g/mol. The summed E-state index contributed by atoms with van der Waals surface area (Å²) in [6, 6.07) is 9.99. The average molecular weight is 235 g/mol. The van der Waals surface area contributed by atoms with Crippen molar-refractivity contribution < 1.29 is 10.2 Å². The maximum atomic E-state index is 10.4. The fraction of sp³-hybridized carbons (Fsp3) is 0.571. The van der Waals surface area contributed by atoms with E-state index < -0.39 is 5.60 Å². The molecule has 1 aromatic carbocycles. The fourth-order valence-electron chi connectivity index (χ4n) is 2.61. The summed E-state index contributed by atoms with van der Waals surface area (Å²) in [7, 11) is 0. The van der Waals surface area contributed by atoms with E-state index in [0.29, 0.717) is 13.1 Å². The third kappa shape index (κ3) is 3.20. The Bertz CT molecular complexity index is 333. The molecule has 94 valence electrons. The predicted octanol–water partition coefficient (Wildman–Crippen LogP) is 1.79. The minimum atomic E-state index is -0.564. The van der Waals surface area contributed by atoms with Gasteiger partial charge in [0.05, 0.1) is 12.2 Å². The van der Waals surface area contributed by atoms with Gasteiger partial charge in [0.15, 0.2) is 0 Å². The van der Waals surface area contributed by atoms with E-state index in [1.54, 1.807) is 0 Å². The van der Waals surface area contributed by atoms with E-state index in [-0.39, 0.29) is 6.61 Å². The lowest BCUT2D eigenvalue weighted by Crippen LogP contribution is -2.42. The first kappa shape index (κ1) is 12.4. The lowest BCUT2D eigenvalue weighted by atomic mass is 10.0. The van der Waals surface area contributed by atoms with Crippen molar-refractivity contribution in [2.24, 2.45) is 0 Å². The van der Waals surface area contributed by atoms with Crippen LogP contribution in [-0.2, 0) is 0 Å². The van der Waals surface area contributed by atoms with Gasteiger partial charge in [-0.05, 0) is 25.0 Å². The summed E-state index contributed by atoms with van der Waals surface area (Å²) in [6.07, 6.45) is 3.97. The molecule has 1 aliphatic carbocycles. The zero-order valence-electron chi connectivity index (χ0n) is 10.2. The van der Waals surface area contributed by atoms with E-state index >= 15 is 0 Å². The number of nitrogens with zero attached hydrogens (tertiary/aromatic N) is 1. The molecule has 0 radical (unpaired) electrons. The molecule has 0 saturated heterocycles. The van der Waals surface area contributed by atoms with Crippen LogP contribution in [0.25, 0.3) is 0 Å². The van der Waals surface area contributed by atoms with Crippen LogP contribution in [0.4, 0.5) is 5.69 Å². The first-order valence-corrected chi connectivity index (χ1v) is 6.37. The summed E-state index contributed by atoms with van der Waals surface area (Å²) in [5, 5.41) is 19.6. The second-order valence-electron chi connectivity index (χ2n) is 4.91. The molecule has 1 aliphatic rings. The third-order valence-corrected chi connectivity index (χ3v) is 3.51. The van der Waals surface area contributed by atoms with Crippen LogP contribution in [0.5, 0.6) is 0 Å². The topological polar surface area (TPSA) is 43.7 Å². The van der Waals surface area contributed by atoms with Crippen molar-refractivity contribution in [3.05, 3.63) is 30.3 Å². The zero-order chi connectivity index (χ0) is 12.1. The standard InChI is InChI=1S/C14H21NO2/c16-11-10-15(13-6-2-1-3-7-13)12-14(17)8-4-5-9-14/h1-3,6-7,16-17H,4-5,8-12H2. The smallest absolute Gasteiger partial charge is 0.0821 e. The van der Waals surface area contributed by atoms with Crippen LogP contribution in [0.1, 0.15) is 25.7 Å². The fourth-order valence-corrected chi connectivity index (χ4v) is 2.61. The summed E-state index contributed by atoms with van der Waals surface area (Å²) in [4.78, 5) is 2.07. The van der Waals surface area contributed by atoms with Crippen LogP contribution in [0.2, 0.25) is 0 Å². The van der Waals surface area contributed by atoms with Crippen molar-refractivity contribution in [3.8, 4) is 0 Å². The molecular weight excluding hydrogens is 214 g/mol. The summed E-state index contributed by atoms with van der Waals surface area (Å²) in [6.45, 7) is 1.31. The van der Waals surface area contributed by atoms with Gasteiger partial charge in [0.1, 0.15) is 0 Å². The molecule has 3 heteroatoms. The lowest BCUT2D eigenvalue weighted by Gasteiger charge is -2.32. The molecule has 0 bridgehead atoms. The SMILES string of the molecule is OCCN(CC1(O)CCCC1)c1ccccc1. The number of para-hydroxylation sites is 1. The maximum Gasteiger partial charge on any atom is 0.0821 e. The minimum Gasteiger partial charge on any atom is -0.395 e. The van der Waals surface area contributed by atoms with Gasteiger partial charge in [0.25, 0.3) is 0 Å². The van der Waals surface area contributed by atoms with Crippen molar-refractivity contribution in [3.63, 3.8) is 0 Å². The Labute approximate surface area is 103 Å².